The normalized spacial score (nSPS) is 18.1. The Balaban J connectivity index is 2.09. The van der Waals surface area contributed by atoms with E-state index >= 15 is 0 Å². The summed E-state index contributed by atoms with van der Waals surface area (Å²) in [7, 11) is 0. The van der Waals surface area contributed by atoms with Gasteiger partial charge in [0.2, 0.25) is 0 Å². The van der Waals surface area contributed by atoms with Crippen molar-refractivity contribution >= 4 is 5.57 Å². The fourth-order valence-electron chi connectivity index (χ4n) is 2.51. The summed E-state index contributed by atoms with van der Waals surface area (Å²) in [6, 6.07) is 10.8. The summed E-state index contributed by atoms with van der Waals surface area (Å²) in [6.07, 6.45) is 7.38. The van der Waals surface area contributed by atoms with E-state index in [1.807, 2.05) is 0 Å². The van der Waals surface area contributed by atoms with Gasteiger partial charge in [-0.2, -0.15) is 0 Å². The summed E-state index contributed by atoms with van der Waals surface area (Å²) >= 11 is 0. The molecule has 0 spiro atoms. The third-order valence-electron chi connectivity index (χ3n) is 3.63. The van der Waals surface area contributed by atoms with Crippen molar-refractivity contribution in [3.63, 3.8) is 0 Å². The van der Waals surface area contributed by atoms with Gasteiger partial charge in [0.15, 0.2) is 0 Å². The Morgan fingerprint density at radius 3 is 2.53 bits per heavy atom. The fraction of sp³-hybridized carbons (Fsp3) is 0.500. The van der Waals surface area contributed by atoms with Crippen molar-refractivity contribution in [3.05, 3.63) is 42.0 Å². The first-order chi connectivity index (χ1) is 8.32. The second-order valence-electron chi connectivity index (χ2n) is 4.93. The van der Waals surface area contributed by atoms with Crippen molar-refractivity contribution in [3.8, 4) is 0 Å². The minimum atomic E-state index is 0.283. The SMILES string of the molecule is C/C=C(\c1ccccc1)C1(NCCCC)CC1. The number of rotatable bonds is 6. The molecule has 0 unspecified atom stereocenters. The zero-order valence-corrected chi connectivity index (χ0v) is 11.0. The van der Waals surface area contributed by atoms with E-state index in [-0.39, 0.29) is 5.54 Å². The topological polar surface area (TPSA) is 12.0 Å². The van der Waals surface area contributed by atoms with Crippen molar-refractivity contribution in [2.75, 3.05) is 6.54 Å². The van der Waals surface area contributed by atoms with Gasteiger partial charge in [-0.05, 0) is 43.9 Å². The van der Waals surface area contributed by atoms with Crippen molar-refractivity contribution in [1.82, 2.24) is 5.32 Å². The molecule has 0 amide bonds. The maximum atomic E-state index is 3.75. The predicted molar refractivity (Wildman–Crippen MR) is 75.0 cm³/mol. The Hall–Kier alpha value is -1.08. The van der Waals surface area contributed by atoms with Crippen LogP contribution in [0.2, 0.25) is 0 Å². The van der Waals surface area contributed by atoms with Crippen molar-refractivity contribution in [2.45, 2.75) is 45.1 Å². The molecule has 1 aromatic rings. The molecule has 0 heterocycles. The molecule has 1 heteroatoms. The first-order valence-corrected chi connectivity index (χ1v) is 6.79. The fourth-order valence-corrected chi connectivity index (χ4v) is 2.51. The third kappa shape index (κ3) is 2.78. The molecule has 2 rings (SSSR count). The molecule has 1 aliphatic rings. The van der Waals surface area contributed by atoms with Gasteiger partial charge in [-0.3, -0.25) is 0 Å². The predicted octanol–water partition coefficient (Wildman–Crippen LogP) is 4.01. The minimum absolute atomic E-state index is 0.283. The molecule has 1 fully saturated rings. The lowest BCUT2D eigenvalue weighted by Gasteiger charge is -2.21. The molecule has 0 bridgehead atoms. The molecule has 17 heavy (non-hydrogen) atoms. The largest absolute Gasteiger partial charge is 0.307 e. The molecule has 0 radical (unpaired) electrons. The molecule has 0 aromatic heterocycles. The molecular weight excluding hydrogens is 206 g/mol. The van der Waals surface area contributed by atoms with E-state index in [9.17, 15) is 0 Å². The molecule has 1 saturated carbocycles. The van der Waals surface area contributed by atoms with Crippen molar-refractivity contribution < 1.29 is 0 Å². The van der Waals surface area contributed by atoms with Gasteiger partial charge in [-0.25, -0.2) is 0 Å². The standard InChI is InChI=1S/C16H23N/c1-3-5-13-17-16(11-12-16)15(4-2)14-9-7-6-8-10-14/h4,6-10,17H,3,5,11-13H2,1-2H3/b15-4+. The zero-order valence-electron chi connectivity index (χ0n) is 11.0. The Morgan fingerprint density at radius 1 is 1.29 bits per heavy atom. The van der Waals surface area contributed by atoms with Crippen molar-refractivity contribution in [2.24, 2.45) is 0 Å². The van der Waals surface area contributed by atoms with Crippen LogP contribution in [0.1, 0.15) is 45.1 Å². The summed E-state index contributed by atoms with van der Waals surface area (Å²) in [4.78, 5) is 0. The van der Waals surface area contributed by atoms with Crippen LogP contribution in [0, 0.1) is 0 Å². The van der Waals surface area contributed by atoms with E-state index in [0.29, 0.717) is 0 Å². The average molecular weight is 229 g/mol. The van der Waals surface area contributed by atoms with Crippen molar-refractivity contribution in [1.29, 1.82) is 0 Å². The highest BCUT2D eigenvalue weighted by atomic mass is 15.0. The maximum Gasteiger partial charge on any atom is 0.0438 e. The van der Waals surface area contributed by atoms with Gasteiger partial charge >= 0.3 is 0 Å². The van der Waals surface area contributed by atoms with Crippen LogP contribution in [0.5, 0.6) is 0 Å². The number of benzene rings is 1. The van der Waals surface area contributed by atoms with Crippen LogP contribution < -0.4 is 5.32 Å². The lowest BCUT2D eigenvalue weighted by molar-refractivity contribution is 0.574. The number of allylic oxidation sites excluding steroid dienone is 1. The third-order valence-corrected chi connectivity index (χ3v) is 3.63. The quantitative estimate of drug-likeness (QED) is 0.727. The Bertz CT molecular complexity index is 374. The number of hydrogen-bond acceptors (Lipinski definition) is 1. The summed E-state index contributed by atoms with van der Waals surface area (Å²) in [5.74, 6) is 0. The monoisotopic (exact) mass is 229 g/mol. The van der Waals surface area contributed by atoms with Crippen LogP contribution in [-0.2, 0) is 0 Å². The maximum absolute atomic E-state index is 3.75. The number of nitrogens with one attached hydrogen (secondary N) is 1. The van der Waals surface area contributed by atoms with Gasteiger partial charge in [0, 0.05) is 5.54 Å². The van der Waals surface area contributed by atoms with Gasteiger partial charge in [0.05, 0.1) is 0 Å². The number of unbranched alkanes of at least 4 members (excludes halogenated alkanes) is 1. The van der Waals surface area contributed by atoms with Gasteiger partial charge in [0.25, 0.3) is 0 Å². The highest BCUT2D eigenvalue weighted by molar-refractivity contribution is 5.75. The molecule has 0 atom stereocenters. The Kier molecular flexibility index (Phi) is 4.01. The van der Waals surface area contributed by atoms with Crippen LogP contribution in [0.3, 0.4) is 0 Å². The Labute approximate surface area is 105 Å². The molecule has 1 N–H and O–H groups in total. The summed E-state index contributed by atoms with van der Waals surface area (Å²) in [5, 5.41) is 3.75. The second-order valence-corrected chi connectivity index (χ2v) is 4.93. The van der Waals surface area contributed by atoms with Crippen LogP contribution >= 0.6 is 0 Å². The van der Waals surface area contributed by atoms with Gasteiger partial charge in [-0.1, -0.05) is 49.8 Å². The smallest absolute Gasteiger partial charge is 0.0438 e. The molecule has 1 aliphatic carbocycles. The van der Waals surface area contributed by atoms with Crippen LogP contribution in [0.15, 0.2) is 36.4 Å². The van der Waals surface area contributed by atoms with Crippen LogP contribution in [-0.4, -0.2) is 12.1 Å². The zero-order chi connectivity index (χ0) is 12.1. The van der Waals surface area contributed by atoms with Gasteiger partial charge in [-0.15, -0.1) is 0 Å². The molecule has 1 aromatic carbocycles. The lowest BCUT2D eigenvalue weighted by atomic mass is 9.96. The first-order valence-electron chi connectivity index (χ1n) is 6.79. The minimum Gasteiger partial charge on any atom is -0.307 e. The summed E-state index contributed by atoms with van der Waals surface area (Å²) in [6.45, 7) is 5.54. The van der Waals surface area contributed by atoms with E-state index in [1.165, 1.54) is 36.8 Å². The highest BCUT2D eigenvalue weighted by Crippen LogP contribution is 2.46. The summed E-state index contributed by atoms with van der Waals surface area (Å²) < 4.78 is 0. The second kappa shape index (κ2) is 5.50. The molecule has 0 saturated heterocycles. The molecular formula is C16H23N. The molecule has 0 aliphatic heterocycles. The van der Waals surface area contributed by atoms with Crippen LogP contribution in [0.4, 0.5) is 0 Å². The molecule has 1 nitrogen and oxygen atoms in total. The van der Waals surface area contributed by atoms with E-state index in [4.69, 9.17) is 0 Å². The van der Waals surface area contributed by atoms with Gasteiger partial charge in [0.1, 0.15) is 0 Å². The lowest BCUT2D eigenvalue weighted by Crippen LogP contribution is -2.33. The van der Waals surface area contributed by atoms with Gasteiger partial charge < -0.3 is 5.32 Å². The summed E-state index contributed by atoms with van der Waals surface area (Å²) in [5.41, 5.74) is 3.14. The van der Waals surface area contributed by atoms with E-state index in [1.54, 1.807) is 0 Å². The molecule has 92 valence electrons. The van der Waals surface area contributed by atoms with E-state index in [2.05, 4.69) is 55.6 Å². The van der Waals surface area contributed by atoms with E-state index < -0.39 is 0 Å². The number of hydrogen-bond donors (Lipinski definition) is 1. The average Bonchev–Trinajstić information content (AvgIpc) is 3.13. The van der Waals surface area contributed by atoms with E-state index in [0.717, 1.165) is 6.54 Å². The Morgan fingerprint density at radius 2 is 2.00 bits per heavy atom. The van der Waals surface area contributed by atoms with Crippen LogP contribution in [0.25, 0.3) is 5.57 Å². The first kappa shape index (κ1) is 12.4. The highest BCUT2D eigenvalue weighted by Gasteiger charge is 2.45.